The number of benzene rings is 1. The zero-order chi connectivity index (χ0) is 13.1. The van der Waals surface area contributed by atoms with Gasteiger partial charge in [0.05, 0.1) is 6.54 Å². The maximum absolute atomic E-state index is 5.70. The second kappa shape index (κ2) is 5.01. The molecule has 5 heteroatoms. The Hall–Kier alpha value is -1.88. The summed E-state index contributed by atoms with van der Waals surface area (Å²) < 4.78 is 11.0. The number of rotatable bonds is 4. The van der Waals surface area contributed by atoms with Gasteiger partial charge in [-0.1, -0.05) is 23.4 Å². The van der Waals surface area contributed by atoms with Crippen molar-refractivity contribution in [2.75, 3.05) is 11.9 Å². The van der Waals surface area contributed by atoms with E-state index in [0.717, 1.165) is 25.1 Å². The fraction of sp³-hybridized carbons (Fsp3) is 0.429. The molecule has 1 N–H and O–H groups in total. The lowest BCUT2D eigenvalue weighted by molar-refractivity contribution is 0.00768. The summed E-state index contributed by atoms with van der Waals surface area (Å²) in [6, 6.07) is 9.94. The molecule has 1 aliphatic rings. The molecule has 0 aliphatic carbocycles. The number of hydrogen-bond donors (Lipinski definition) is 1. The normalized spacial score (nSPS) is 22.6. The van der Waals surface area contributed by atoms with E-state index in [1.54, 1.807) is 0 Å². The standard InChI is InChI=1S/C14H17N3O2/c1-14(8-5-9-18-14)13-16-12(19-17-13)10-15-11-6-3-2-4-7-11/h2-4,6-7,15H,5,8-10H2,1H3. The molecule has 1 aromatic carbocycles. The minimum absolute atomic E-state index is 0.380. The fourth-order valence-electron chi connectivity index (χ4n) is 2.23. The van der Waals surface area contributed by atoms with Crippen LogP contribution in [0.5, 0.6) is 0 Å². The van der Waals surface area contributed by atoms with Crippen molar-refractivity contribution in [2.24, 2.45) is 0 Å². The number of hydrogen-bond acceptors (Lipinski definition) is 5. The molecule has 1 fully saturated rings. The molecule has 1 unspecified atom stereocenters. The van der Waals surface area contributed by atoms with Gasteiger partial charge >= 0.3 is 0 Å². The van der Waals surface area contributed by atoms with Gasteiger partial charge in [-0.25, -0.2) is 0 Å². The van der Waals surface area contributed by atoms with Gasteiger partial charge in [0.1, 0.15) is 5.60 Å². The predicted molar refractivity (Wildman–Crippen MR) is 70.6 cm³/mol. The van der Waals surface area contributed by atoms with Gasteiger partial charge in [0, 0.05) is 12.3 Å². The Morgan fingerprint density at radius 1 is 1.32 bits per heavy atom. The first-order valence-electron chi connectivity index (χ1n) is 6.52. The highest BCUT2D eigenvalue weighted by Gasteiger charge is 2.36. The number of para-hydroxylation sites is 1. The van der Waals surface area contributed by atoms with E-state index in [9.17, 15) is 0 Å². The van der Waals surface area contributed by atoms with E-state index in [1.165, 1.54) is 0 Å². The first kappa shape index (κ1) is 12.2. The van der Waals surface area contributed by atoms with Crippen LogP contribution < -0.4 is 5.32 Å². The Bertz CT molecular complexity index is 533. The van der Waals surface area contributed by atoms with Crippen molar-refractivity contribution >= 4 is 5.69 Å². The first-order chi connectivity index (χ1) is 9.26. The van der Waals surface area contributed by atoms with Crippen LogP contribution in [-0.2, 0) is 16.9 Å². The summed E-state index contributed by atoms with van der Waals surface area (Å²) in [4.78, 5) is 4.41. The summed E-state index contributed by atoms with van der Waals surface area (Å²) in [6.07, 6.45) is 1.99. The molecule has 2 heterocycles. The first-order valence-corrected chi connectivity index (χ1v) is 6.52. The van der Waals surface area contributed by atoms with Gasteiger partial charge in [0.2, 0.25) is 11.7 Å². The van der Waals surface area contributed by atoms with Crippen LogP contribution in [0.2, 0.25) is 0 Å². The third-order valence-corrected chi connectivity index (χ3v) is 3.38. The highest BCUT2D eigenvalue weighted by molar-refractivity contribution is 5.42. The Morgan fingerprint density at radius 2 is 2.16 bits per heavy atom. The SMILES string of the molecule is CC1(c2noc(CNc3ccccc3)n2)CCCO1. The Balaban J connectivity index is 1.65. The molecule has 1 aromatic heterocycles. The van der Waals surface area contributed by atoms with Crippen LogP contribution in [0.15, 0.2) is 34.9 Å². The molecule has 19 heavy (non-hydrogen) atoms. The van der Waals surface area contributed by atoms with Crippen molar-refractivity contribution in [3.8, 4) is 0 Å². The lowest BCUT2D eigenvalue weighted by Crippen LogP contribution is -2.21. The molecule has 1 aliphatic heterocycles. The Kier molecular flexibility index (Phi) is 3.21. The van der Waals surface area contributed by atoms with E-state index in [2.05, 4.69) is 15.5 Å². The van der Waals surface area contributed by atoms with Crippen LogP contribution in [0.25, 0.3) is 0 Å². The molecular formula is C14H17N3O2. The molecule has 1 saturated heterocycles. The molecule has 0 bridgehead atoms. The van der Waals surface area contributed by atoms with Crippen LogP contribution in [0, 0.1) is 0 Å². The van der Waals surface area contributed by atoms with E-state index in [4.69, 9.17) is 9.26 Å². The smallest absolute Gasteiger partial charge is 0.246 e. The van der Waals surface area contributed by atoms with Gasteiger partial charge in [0.15, 0.2) is 0 Å². The van der Waals surface area contributed by atoms with Crippen LogP contribution in [0.1, 0.15) is 31.5 Å². The molecule has 0 saturated carbocycles. The Labute approximate surface area is 112 Å². The highest BCUT2D eigenvalue weighted by Crippen LogP contribution is 2.33. The van der Waals surface area contributed by atoms with Crippen molar-refractivity contribution < 1.29 is 9.26 Å². The summed E-state index contributed by atoms with van der Waals surface area (Å²) >= 11 is 0. The van der Waals surface area contributed by atoms with E-state index >= 15 is 0 Å². The van der Waals surface area contributed by atoms with Crippen molar-refractivity contribution in [1.29, 1.82) is 0 Å². The zero-order valence-corrected chi connectivity index (χ0v) is 10.9. The van der Waals surface area contributed by atoms with E-state index in [-0.39, 0.29) is 5.60 Å². The second-order valence-corrected chi connectivity index (χ2v) is 4.91. The molecule has 5 nitrogen and oxygen atoms in total. The molecule has 0 amide bonds. The van der Waals surface area contributed by atoms with Crippen molar-refractivity contribution in [2.45, 2.75) is 31.9 Å². The van der Waals surface area contributed by atoms with E-state index < -0.39 is 0 Å². The van der Waals surface area contributed by atoms with Gasteiger partial charge in [-0.3, -0.25) is 0 Å². The van der Waals surface area contributed by atoms with Gasteiger partial charge in [-0.05, 0) is 31.9 Å². The van der Waals surface area contributed by atoms with Crippen LogP contribution in [0.4, 0.5) is 5.69 Å². The minimum Gasteiger partial charge on any atom is -0.376 e. The molecular weight excluding hydrogens is 242 g/mol. The summed E-state index contributed by atoms with van der Waals surface area (Å²) in [6.45, 7) is 3.30. The van der Waals surface area contributed by atoms with Crippen molar-refractivity contribution in [3.05, 3.63) is 42.0 Å². The minimum atomic E-state index is -0.380. The van der Waals surface area contributed by atoms with Gasteiger partial charge in [0.25, 0.3) is 0 Å². The van der Waals surface area contributed by atoms with E-state index in [1.807, 2.05) is 37.3 Å². The number of ether oxygens (including phenoxy) is 1. The fourth-order valence-corrected chi connectivity index (χ4v) is 2.23. The van der Waals surface area contributed by atoms with Crippen LogP contribution >= 0.6 is 0 Å². The Morgan fingerprint density at radius 3 is 2.89 bits per heavy atom. The summed E-state index contributed by atoms with van der Waals surface area (Å²) in [5, 5.41) is 7.27. The molecule has 1 atom stereocenters. The summed E-state index contributed by atoms with van der Waals surface area (Å²) in [5.41, 5.74) is 0.652. The summed E-state index contributed by atoms with van der Waals surface area (Å²) in [5.74, 6) is 1.23. The number of anilines is 1. The molecule has 100 valence electrons. The lowest BCUT2D eigenvalue weighted by atomic mass is 10.0. The number of nitrogens with one attached hydrogen (secondary N) is 1. The van der Waals surface area contributed by atoms with Gasteiger partial charge < -0.3 is 14.6 Å². The average Bonchev–Trinajstić information content (AvgIpc) is 3.07. The second-order valence-electron chi connectivity index (χ2n) is 4.91. The van der Waals surface area contributed by atoms with Gasteiger partial charge in [-0.2, -0.15) is 4.98 Å². The third kappa shape index (κ3) is 2.61. The van der Waals surface area contributed by atoms with E-state index in [0.29, 0.717) is 18.3 Å². The monoisotopic (exact) mass is 259 g/mol. The summed E-state index contributed by atoms with van der Waals surface area (Å²) in [7, 11) is 0. The topological polar surface area (TPSA) is 60.2 Å². The molecule has 0 radical (unpaired) electrons. The number of aromatic nitrogens is 2. The van der Waals surface area contributed by atoms with Crippen LogP contribution in [-0.4, -0.2) is 16.7 Å². The van der Waals surface area contributed by atoms with Crippen molar-refractivity contribution in [3.63, 3.8) is 0 Å². The van der Waals surface area contributed by atoms with Gasteiger partial charge in [-0.15, -0.1) is 0 Å². The predicted octanol–water partition coefficient (Wildman–Crippen LogP) is 2.71. The zero-order valence-electron chi connectivity index (χ0n) is 10.9. The quantitative estimate of drug-likeness (QED) is 0.914. The molecule has 0 spiro atoms. The van der Waals surface area contributed by atoms with Crippen molar-refractivity contribution in [1.82, 2.24) is 10.1 Å². The largest absolute Gasteiger partial charge is 0.376 e. The highest BCUT2D eigenvalue weighted by atomic mass is 16.5. The molecule has 2 aromatic rings. The third-order valence-electron chi connectivity index (χ3n) is 3.38. The number of nitrogens with zero attached hydrogens (tertiary/aromatic N) is 2. The lowest BCUT2D eigenvalue weighted by Gasteiger charge is -2.17. The molecule has 3 rings (SSSR count). The maximum atomic E-state index is 5.70. The average molecular weight is 259 g/mol. The van der Waals surface area contributed by atoms with Crippen LogP contribution in [0.3, 0.4) is 0 Å². The maximum Gasteiger partial charge on any atom is 0.246 e.